The van der Waals surface area contributed by atoms with Crippen LogP contribution in [0, 0.1) is 0 Å². The molecular weight excluding hydrogens is 451 g/mol. The van der Waals surface area contributed by atoms with Crippen LogP contribution >= 0.6 is 7.60 Å². The predicted molar refractivity (Wildman–Crippen MR) is 133 cm³/mol. The van der Waals surface area contributed by atoms with Crippen molar-refractivity contribution >= 4 is 37.2 Å². The summed E-state index contributed by atoms with van der Waals surface area (Å²) in [4.78, 5) is 38.1. The van der Waals surface area contributed by atoms with E-state index in [-0.39, 0.29) is 31.3 Å². The van der Waals surface area contributed by atoms with Crippen molar-refractivity contribution in [3.05, 3.63) is 65.2 Å². The van der Waals surface area contributed by atoms with Gasteiger partial charge in [0.15, 0.2) is 0 Å². The summed E-state index contributed by atoms with van der Waals surface area (Å²) in [6.07, 6.45) is 7.53. The van der Waals surface area contributed by atoms with Gasteiger partial charge in [-0.25, -0.2) is 0 Å². The van der Waals surface area contributed by atoms with Gasteiger partial charge in [-0.1, -0.05) is 67.5 Å². The van der Waals surface area contributed by atoms with Crippen molar-refractivity contribution < 1.29 is 23.6 Å². The van der Waals surface area contributed by atoms with Crippen LogP contribution in [-0.4, -0.2) is 31.6 Å². The number of benzene rings is 2. The molecule has 1 N–H and O–H groups in total. The first kappa shape index (κ1) is 25.9. The summed E-state index contributed by atoms with van der Waals surface area (Å²) < 4.78 is 15.7. The van der Waals surface area contributed by atoms with Crippen molar-refractivity contribution in [3.63, 3.8) is 0 Å². The van der Waals surface area contributed by atoms with Crippen LogP contribution < -0.4 is 15.1 Å². The monoisotopic (exact) mass is 483 g/mol. The highest BCUT2D eigenvalue weighted by atomic mass is 31.2. The van der Waals surface area contributed by atoms with E-state index >= 15 is 0 Å². The zero-order valence-electron chi connectivity index (χ0n) is 19.6. The fourth-order valence-corrected chi connectivity index (χ4v) is 4.32. The van der Waals surface area contributed by atoms with Crippen LogP contribution in [-0.2, 0) is 25.2 Å². The summed E-state index contributed by atoms with van der Waals surface area (Å²) in [5.41, 5.74) is 3.96. The average molecular weight is 484 g/mol. The summed E-state index contributed by atoms with van der Waals surface area (Å²) in [5, 5.41) is 2.87. The van der Waals surface area contributed by atoms with Crippen LogP contribution in [0.25, 0.3) is 12.2 Å². The molecule has 3 rings (SSSR count). The molecule has 1 heterocycles. The quantitative estimate of drug-likeness (QED) is 0.378. The third-order valence-electron chi connectivity index (χ3n) is 5.64. The van der Waals surface area contributed by atoms with Crippen molar-refractivity contribution in [2.24, 2.45) is 0 Å². The van der Waals surface area contributed by atoms with Gasteiger partial charge in [0.25, 0.3) is 0 Å². The lowest BCUT2D eigenvalue weighted by Gasteiger charge is -2.27. The zero-order valence-corrected chi connectivity index (χ0v) is 20.5. The second-order valence-electron chi connectivity index (χ2n) is 8.44. The highest BCUT2D eigenvalue weighted by Gasteiger charge is 2.21. The molecule has 182 valence electrons. The fourth-order valence-electron chi connectivity index (χ4n) is 3.86. The number of nitrogens with one attached hydrogen (secondary N) is 1. The lowest BCUT2D eigenvalue weighted by molar-refractivity contribution is -0.196. The Kier molecular flexibility index (Phi) is 9.63. The highest BCUT2D eigenvalue weighted by molar-refractivity contribution is 7.50. The van der Waals surface area contributed by atoms with E-state index in [4.69, 9.17) is 4.52 Å². The molecule has 0 aromatic heterocycles. The number of hydrogen-bond donors (Lipinski definition) is 1. The second kappa shape index (κ2) is 12.7. The third-order valence-corrected chi connectivity index (χ3v) is 6.29. The molecule has 0 fully saturated rings. The smallest absolute Gasteiger partial charge is 0.227 e. The van der Waals surface area contributed by atoms with E-state index in [2.05, 4.69) is 11.4 Å². The molecule has 34 heavy (non-hydrogen) atoms. The molecule has 0 bridgehead atoms. The van der Waals surface area contributed by atoms with E-state index in [9.17, 15) is 19.0 Å². The summed E-state index contributed by atoms with van der Waals surface area (Å²) >= 11 is 0. The maximum absolute atomic E-state index is 13.2. The molecule has 1 unspecified atom stereocenters. The minimum Gasteiger partial charge on any atom is -0.779 e. The van der Waals surface area contributed by atoms with Gasteiger partial charge >= 0.3 is 0 Å². The summed E-state index contributed by atoms with van der Waals surface area (Å²) in [6, 6.07) is 15.8. The number of unbranched alkanes of at least 4 members (excludes halogenated alkanes) is 3. The Morgan fingerprint density at radius 1 is 0.971 bits per heavy atom. The van der Waals surface area contributed by atoms with Gasteiger partial charge in [-0.15, -0.1) is 0 Å². The minimum absolute atomic E-state index is 0.0840. The predicted octanol–water partition coefficient (Wildman–Crippen LogP) is 4.36. The van der Waals surface area contributed by atoms with Gasteiger partial charge in [-0.05, 0) is 35.6 Å². The molecule has 7 nitrogen and oxygen atoms in total. The second-order valence-corrected chi connectivity index (χ2v) is 10.2. The van der Waals surface area contributed by atoms with Gasteiger partial charge in [-0.3, -0.25) is 9.59 Å². The van der Waals surface area contributed by atoms with Crippen LogP contribution in [0.4, 0.5) is 5.69 Å². The van der Waals surface area contributed by atoms with E-state index in [0.717, 1.165) is 48.3 Å². The number of anilines is 1. The molecular formula is C26H32N2O5P-. The van der Waals surface area contributed by atoms with Crippen molar-refractivity contribution in [2.75, 3.05) is 24.7 Å². The van der Waals surface area contributed by atoms with Crippen molar-refractivity contribution in [1.82, 2.24) is 5.32 Å². The molecule has 0 saturated carbocycles. The van der Waals surface area contributed by atoms with Crippen LogP contribution in [0.1, 0.15) is 55.2 Å². The Bertz CT molecular complexity index is 1060. The molecule has 8 heteroatoms. The lowest BCUT2D eigenvalue weighted by Crippen LogP contribution is -2.33. The van der Waals surface area contributed by atoms with Gasteiger partial charge < -0.3 is 24.2 Å². The van der Waals surface area contributed by atoms with Crippen molar-refractivity contribution in [2.45, 2.75) is 45.1 Å². The molecule has 0 radical (unpaired) electrons. The van der Waals surface area contributed by atoms with Crippen LogP contribution in [0.2, 0.25) is 0 Å². The summed E-state index contributed by atoms with van der Waals surface area (Å²) in [6.45, 7) is 2.26. The van der Waals surface area contributed by atoms with Crippen LogP contribution in [0.15, 0.2) is 48.5 Å². The standard InChI is InChI=1S/C26H33N2O5P/c1-34(31,32)33-19-9-3-2-8-18-27-25(29)16-17-26(30)28-20-23-12-5-4-10-21(23)14-15-22-11-6-7-13-24(22)28/h4-7,10-15H,2-3,8-9,16-20H2,1H3,(H,27,29)(H,31,32)/p-1. The van der Waals surface area contributed by atoms with Gasteiger partial charge in [0.2, 0.25) is 11.8 Å². The normalized spacial score (nSPS) is 14.4. The van der Waals surface area contributed by atoms with Gasteiger partial charge in [-0.2, -0.15) is 0 Å². The molecule has 2 aromatic carbocycles. The van der Waals surface area contributed by atoms with Gasteiger partial charge in [0.1, 0.15) is 7.60 Å². The molecule has 1 aliphatic heterocycles. The van der Waals surface area contributed by atoms with Crippen LogP contribution in [0.5, 0.6) is 0 Å². The topological polar surface area (TPSA) is 98.8 Å². The van der Waals surface area contributed by atoms with Crippen molar-refractivity contribution in [1.29, 1.82) is 0 Å². The Morgan fingerprint density at radius 3 is 2.44 bits per heavy atom. The number of para-hydroxylation sites is 1. The number of fused-ring (bicyclic) bond motifs is 2. The Balaban J connectivity index is 1.45. The number of carbonyl (C=O) groups excluding carboxylic acids is 2. The van der Waals surface area contributed by atoms with Crippen LogP contribution in [0.3, 0.4) is 0 Å². The van der Waals surface area contributed by atoms with Gasteiger partial charge in [0.05, 0.1) is 18.8 Å². The van der Waals surface area contributed by atoms with Crippen molar-refractivity contribution in [3.8, 4) is 0 Å². The lowest BCUT2D eigenvalue weighted by atomic mass is 10.0. The SMILES string of the molecule is CP(=O)([O-])OCCCCCCNC(=O)CCC(=O)N1Cc2ccccc2C=Cc2ccccc21. The largest absolute Gasteiger partial charge is 0.779 e. The average Bonchev–Trinajstić information content (AvgIpc) is 2.80. The van der Waals surface area contributed by atoms with E-state index in [1.54, 1.807) is 4.90 Å². The number of hydrogen-bond acceptors (Lipinski definition) is 5. The number of carbonyl (C=O) groups is 2. The van der Waals surface area contributed by atoms with Gasteiger partial charge in [0, 0.05) is 26.1 Å². The number of nitrogens with zero attached hydrogens (tertiary/aromatic N) is 1. The molecule has 0 aliphatic carbocycles. The molecule has 0 saturated heterocycles. The first-order valence-corrected chi connectivity index (χ1v) is 13.7. The minimum atomic E-state index is -3.65. The first-order chi connectivity index (χ1) is 16.3. The molecule has 2 aromatic rings. The molecule has 1 aliphatic rings. The molecule has 2 amide bonds. The number of rotatable bonds is 11. The molecule has 0 spiro atoms. The van der Waals surface area contributed by atoms with E-state index in [0.29, 0.717) is 19.5 Å². The maximum Gasteiger partial charge on any atom is 0.227 e. The van der Waals surface area contributed by atoms with E-state index in [1.807, 2.05) is 54.6 Å². The Morgan fingerprint density at radius 2 is 1.65 bits per heavy atom. The maximum atomic E-state index is 13.2. The summed E-state index contributed by atoms with van der Waals surface area (Å²) in [5.74, 6) is -0.227. The van der Waals surface area contributed by atoms with E-state index in [1.165, 1.54) is 0 Å². The Hall–Kier alpha value is -2.73. The van der Waals surface area contributed by atoms with E-state index < -0.39 is 7.60 Å². The highest BCUT2D eigenvalue weighted by Crippen LogP contribution is 2.31. The summed E-state index contributed by atoms with van der Waals surface area (Å²) in [7, 11) is -3.65. The first-order valence-electron chi connectivity index (χ1n) is 11.7. The number of amides is 2. The third kappa shape index (κ3) is 8.24. The Labute approximate surface area is 201 Å². The molecule has 1 atom stereocenters. The fraction of sp³-hybridized carbons (Fsp3) is 0.385. The zero-order chi connectivity index (χ0) is 24.4.